The van der Waals surface area contributed by atoms with Gasteiger partial charge >= 0.3 is 13.7 Å². The molecule has 3 rings (SSSR count). The molecular weight excluding hydrogens is 637 g/mol. The maximum absolute atomic E-state index is 13.6. The SMILES string of the molecule is Cc1c(C(=O)C(=O)NCCCCOP(=O)(N[C@@H](C)C(=O)OC(C)C)Oc2ccccc2)c(C)n(C)c1C(=O)Nc1ccc(F)c(F)c1. The number of nitrogens with zero attached hydrogens (tertiary/aromatic N) is 1. The van der Waals surface area contributed by atoms with Crippen LogP contribution < -0.4 is 20.2 Å². The number of carbonyl (C=O) groups excluding carboxylic acids is 4. The molecule has 0 fully saturated rings. The van der Waals surface area contributed by atoms with Gasteiger partial charge in [-0.3, -0.25) is 23.7 Å². The molecule has 15 heteroatoms. The van der Waals surface area contributed by atoms with Gasteiger partial charge in [0.1, 0.15) is 17.5 Å². The molecule has 47 heavy (non-hydrogen) atoms. The molecular formula is C32H39F2N4O8P. The van der Waals surface area contributed by atoms with E-state index in [1.54, 1.807) is 58.2 Å². The smallest absolute Gasteiger partial charge is 0.459 e. The normalized spacial score (nSPS) is 13.0. The molecule has 0 saturated carbocycles. The maximum Gasteiger partial charge on any atom is 0.459 e. The lowest BCUT2D eigenvalue weighted by molar-refractivity contribution is -0.149. The van der Waals surface area contributed by atoms with Crippen molar-refractivity contribution < 1.29 is 46.3 Å². The van der Waals surface area contributed by atoms with Crippen molar-refractivity contribution in [3.63, 3.8) is 0 Å². The first-order chi connectivity index (χ1) is 22.1. The standard InChI is InChI=1S/C32H39F2N4O8P/c1-19(2)45-32(42)21(4)37-47(43,46-24-12-8-7-9-13-24)44-17-11-10-16-35-31(41)29(39)27-20(3)28(38(6)22(27)5)30(40)36-23-14-15-25(33)26(34)18-23/h7-9,12-15,18-19,21H,10-11,16-17H2,1-6H3,(H,35,41)(H,36,40)(H,37,43)/t21-,47?/m0/s1. The van der Waals surface area contributed by atoms with E-state index < -0.39 is 49.0 Å². The predicted octanol–water partition coefficient (Wildman–Crippen LogP) is 5.38. The van der Waals surface area contributed by atoms with E-state index in [1.807, 2.05) is 0 Å². The number of nitrogens with one attached hydrogen (secondary N) is 3. The van der Waals surface area contributed by atoms with Gasteiger partial charge in [-0.05, 0) is 77.3 Å². The average molecular weight is 677 g/mol. The summed E-state index contributed by atoms with van der Waals surface area (Å²) < 4.78 is 58.1. The largest absolute Gasteiger partial charge is 0.462 e. The van der Waals surface area contributed by atoms with E-state index in [0.29, 0.717) is 18.5 Å². The number of unbranched alkanes of at least 4 members (excludes halogenated alkanes) is 1. The summed E-state index contributed by atoms with van der Waals surface area (Å²) in [6.07, 6.45) is 0.269. The van der Waals surface area contributed by atoms with Gasteiger partial charge in [0.15, 0.2) is 11.6 Å². The fraction of sp³-hybridized carbons (Fsp3) is 0.375. The minimum absolute atomic E-state index is 0.0173. The highest BCUT2D eigenvalue weighted by Crippen LogP contribution is 2.45. The van der Waals surface area contributed by atoms with Gasteiger partial charge in [-0.2, -0.15) is 5.09 Å². The van der Waals surface area contributed by atoms with E-state index in [4.69, 9.17) is 13.8 Å². The monoisotopic (exact) mass is 676 g/mol. The van der Waals surface area contributed by atoms with Gasteiger partial charge in [0.05, 0.1) is 18.3 Å². The summed E-state index contributed by atoms with van der Waals surface area (Å²) >= 11 is 0. The zero-order valence-corrected chi connectivity index (χ0v) is 27.9. The summed E-state index contributed by atoms with van der Waals surface area (Å²) in [6, 6.07) is 10.2. The fourth-order valence-corrected chi connectivity index (χ4v) is 6.07. The second-order valence-electron chi connectivity index (χ2n) is 10.9. The van der Waals surface area contributed by atoms with Crippen LogP contribution in [0, 0.1) is 25.5 Å². The van der Waals surface area contributed by atoms with Crippen molar-refractivity contribution >= 4 is 37.0 Å². The lowest BCUT2D eigenvalue weighted by atomic mass is 10.0. The van der Waals surface area contributed by atoms with Gasteiger partial charge in [0, 0.05) is 31.0 Å². The fourth-order valence-electron chi connectivity index (χ4n) is 4.54. The third kappa shape index (κ3) is 10.0. The van der Waals surface area contributed by atoms with Crippen LogP contribution in [0.25, 0.3) is 0 Å². The van der Waals surface area contributed by atoms with Crippen LogP contribution >= 0.6 is 7.75 Å². The molecule has 0 aliphatic rings. The Balaban J connectivity index is 1.56. The third-order valence-corrected chi connectivity index (χ3v) is 8.58. The minimum Gasteiger partial charge on any atom is -0.462 e. The first-order valence-corrected chi connectivity index (χ1v) is 16.4. The van der Waals surface area contributed by atoms with Gasteiger partial charge < -0.3 is 24.5 Å². The summed E-state index contributed by atoms with van der Waals surface area (Å²) in [5.74, 6) is -5.00. The van der Waals surface area contributed by atoms with Crippen molar-refractivity contribution in [2.24, 2.45) is 7.05 Å². The quantitative estimate of drug-likeness (QED) is 0.0596. The number of hydrogen-bond donors (Lipinski definition) is 3. The molecule has 12 nitrogen and oxygen atoms in total. The number of ketones is 1. The summed E-state index contributed by atoms with van der Waals surface area (Å²) in [7, 11) is -2.49. The highest BCUT2D eigenvalue weighted by molar-refractivity contribution is 7.52. The lowest BCUT2D eigenvalue weighted by Crippen LogP contribution is -2.36. The molecule has 0 aliphatic heterocycles. The van der Waals surface area contributed by atoms with Crippen LogP contribution in [0.4, 0.5) is 14.5 Å². The molecule has 1 aromatic heterocycles. The molecule has 0 aliphatic carbocycles. The molecule has 3 N–H and O–H groups in total. The Morgan fingerprint density at radius 3 is 2.28 bits per heavy atom. The number of rotatable bonds is 16. The Kier molecular flexibility index (Phi) is 13.0. The molecule has 0 radical (unpaired) electrons. The van der Waals surface area contributed by atoms with E-state index in [0.717, 1.165) is 12.1 Å². The van der Waals surface area contributed by atoms with E-state index in [9.17, 15) is 32.5 Å². The number of aromatic nitrogens is 1. The lowest BCUT2D eigenvalue weighted by Gasteiger charge is -2.23. The number of para-hydroxylation sites is 1. The van der Waals surface area contributed by atoms with Crippen molar-refractivity contribution in [1.82, 2.24) is 15.0 Å². The molecule has 1 heterocycles. The minimum atomic E-state index is -4.03. The Morgan fingerprint density at radius 1 is 0.957 bits per heavy atom. The van der Waals surface area contributed by atoms with Gasteiger partial charge in [0.2, 0.25) is 0 Å². The zero-order chi connectivity index (χ0) is 34.9. The highest BCUT2D eigenvalue weighted by Gasteiger charge is 2.33. The van der Waals surface area contributed by atoms with Crippen LogP contribution in [-0.2, 0) is 30.5 Å². The first kappa shape index (κ1) is 37.1. The van der Waals surface area contributed by atoms with Crippen molar-refractivity contribution in [2.75, 3.05) is 18.5 Å². The van der Waals surface area contributed by atoms with Crippen LogP contribution in [-0.4, -0.2) is 53.4 Å². The number of ether oxygens (including phenoxy) is 1. The second kappa shape index (κ2) is 16.4. The molecule has 0 spiro atoms. The summed E-state index contributed by atoms with van der Waals surface area (Å²) in [5.41, 5.74) is 0.733. The van der Waals surface area contributed by atoms with Crippen LogP contribution in [0.1, 0.15) is 65.7 Å². The van der Waals surface area contributed by atoms with E-state index >= 15 is 0 Å². The number of Topliss-reactive ketones (excluding diaryl/α,β-unsaturated/α-hetero) is 1. The van der Waals surface area contributed by atoms with Gasteiger partial charge in [-0.1, -0.05) is 18.2 Å². The number of amides is 2. The van der Waals surface area contributed by atoms with E-state index in [2.05, 4.69) is 15.7 Å². The molecule has 2 amide bonds. The highest BCUT2D eigenvalue weighted by atomic mass is 31.2. The second-order valence-corrected chi connectivity index (χ2v) is 12.6. The number of hydrogen-bond acceptors (Lipinski definition) is 8. The predicted molar refractivity (Wildman–Crippen MR) is 170 cm³/mol. The molecule has 254 valence electrons. The van der Waals surface area contributed by atoms with E-state index in [-0.39, 0.29) is 47.5 Å². The molecule has 2 aromatic carbocycles. The summed E-state index contributed by atoms with van der Waals surface area (Å²) in [6.45, 7) is 7.95. The third-order valence-electron chi connectivity index (χ3n) is 6.90. The first-order valence-electron chi connectivity index (χ1n) is 14.9. The number of halogens is 2. The number of carbonyl (C=O) groups is 4. The van der Waals surface area contributed by atoms with Crippen molar-refractivity contribution in [1.29, 1.82) is 0 Å². The van der Waals surface area contributed by atoms with Crippen molar-refractivity contribution in [3.05, 3.63) is 82.7 Å². The zero-order valence-electron chi connectivity index (χ0n) is 27.0. The maximum atomic E-state index is 13.6. The molecule has 1 unspecified atom stereocenters. The number of anilines is 1. The molecule has 0 saturated heterocycles. The van der Waals surface area contributed by atoms with Crippen molar-refractivity contribution in [2.45, 2.75) is 59.6 Å². The molecule has 0 bridgehead atoms. The summed E-state index contributed by atoms with van der Waals surface area (Å²) in [5, 5.41) is 7.60. The Bertz CT molecular complexity index is 1660. The number of esters is 1. The average Bonchev–Trinajstić information content (AvgIpc) is 3.23. The summed E-state index contributed by atoms with van der Waals surface area (Å²) in [4.78, 5) is 51.1. The van der Waals surface area contributed by atoms with Gasteiger partial charge in [-0.15, -0.1) is 0 Å². The van der Waals surface area contributed by atoms with Crippen LogP contribution in [0.2, 0.25) is 0 Å². The Morgan fingerprint density at radius 2 is 1.64 bits per heavy atom. The van der Waals surface area contributed by atoms with Crippen LogP contribution in [0.3, 0.4) is 0 Å². The van der Waals surface area contributed by atoms with E-state index in [1.165, 1.54) is 24.5 Å². The molecule has 3 aromatic rings. The van der Waals surface area contributed by atoms with Crippen molar-refractivity contribution in [3.8, 4) is 5.75 Å². The Hall–Kier alpha value is -4.39. The van der Waals surface area contributed by atoms with Crippen LogP contribution in [0.15, 0.2) is 48.5 Å². The van der Waals surface area contributed by atoms with Gasteiger partial charge in [-0.25, -0.2) is 13.3 Å². The Labute approximate surface area is 271 Å². The van der Waals surface area contributed by atoms with Gasteiger partial charge in [0.25, 0.3) is 17.6 Å². The molecule has 2 atom stereocenters. The number of benzene rings is 2. The van der Waals surface area contributed by atoms with Crippen LogP contribution in [0.5, 0.6) is 5.75 Å². The topological polar surface area (TPSA) is 154 Å².